The van der Waals surface area contributed by atoms with E-state index in [1.165, 1.54) is 0 Å². The van der Waals surface area contributed by atoms with E-state index in [2.05, 4.69) is 23.7 Å². The first-order valence-electron chi connectivity index (χ1n) is 3.83. The molecular weight excluding hydrogens is 182 g/mol. The van der Waals surface area contributed by atoms with E-state index in [0.717, 1.165) is 11.3 Å². The second-order valence-corrected chi connectivity index (χ2v) is 2.92. The number of rotatable bonds is 1. The zero-order chi connectivity index (χ0) is 9.26. The molecule has 0 fully saturated rings. The van der Waals surface area contributed by atoms with Gasteiger partial charge in [-0.05, 0) is 12.1 Å². The molecule has 0 aliphatic rings. The van der Waals surface area contributed by atoms with Crippen molar-refractivity contribution in [3.8, 4) is 6.07 Å². The molecule has 0 saturated carbocycles. The van der Waals surface area contributed by atoms with Crippen LogP contribution in [-0.4, -0.2) is 9.38 Å². The molecule has 2 heterocycles. The fourth-order valence-electron chi connectivity index (χ4n) is 1.30. The second kappa shape index (κ2) is 3.11. The lowest BCUT2D eigenvalue weighted by molar-refractivity contribution is 1.03. The summed E-state index contributed by atoms with van der Waals surface area (Å²) < 4.78 is 1.88. The Labute approximate surface area is 81.0 Å². The normalized spacial score (nSPS) is 10.2. The lowest BCUT2D eigenvalue weighted by Crippen LogP contribution is -1.88. The van der Waals surface area contributed by atoms with Gasteiger partial charge >= 0.3 is 0 Å². The number of hydrogen-bond donors (Lipinski definition) is 1. The average Bonchev–Trinajstić information content (AvgIpc) is 2.56. The minimum atomic E-state index is 0.463. The highest BCUT2D eigenvalue weighted by atomic mass is 32.1. The first kappa shape index (κ1) is 8.14. The van der Waals surface area contributed by atoms with Crippen molar-refractivity contribution in [2.24, 2.45) is 0 Å². The molecule has 0 saturated heterocycles. The molecule has 4 heteroatoms. The summed E-state index contributed by atoms with van der Waals surface area (Å²) in [6.45, 7) is 0. The number of aromatic nitrogens is 2. The molecule has 13 heavy (non-hydrogen) atoms. The molecule has 0 unspecified atom stereocenters. The van der Waals surface area contributed by atoms with Crippen LogP contribution in [0.1, 0.15) is 11.5 Å². The molecule has 3 nitrogen and oxygen atoms in total. The van der Waals surface area contributed by atoms with E-state index < -0.39 is 0 Å². The minimum absolute atomic E-state index is 0.463. The zero-order valence-electron chi connectivity index (χ0n) is 6.81. The Balaban J connectivity index is 2.84. The summed E-state index contributed by atoms with van der Waals surface area (Å²) in [5.74, 6) is 1.34. The highest BCUT2D eigenvalue weighted by molar-refractivity contribution is 7.79. The Kier molecular flexibility index (Phi) is 1.95. The van der Waals surface area contributed by atoms with E-state index in [1.54, 1.807) is 0 Å². The van der Waals surface area contributed by atoms with Crippen molar-refractivity contribution in [1.29, 1.82) is 5.26 Å². The molecule has 0 radical (unpaired) electrons. The van der Waals surface area contributed by atoms with Gasteiger partial charge in [-0.15, -0.1) is 0 Å². The Morgan fingerprint density at radius 2 is 2.38 bits per heavy atom. The van der Waals surface area contributed by atoms with Crippen molar-refractivity contribution in [3.63, 3.8) is 0 Å². The van der Waals surface area contributed by atoms with Gasteiger partial charge < -0.3 is 4.40 Å². The number of imidazole rings is 1. The topological polar surface area (TPSA) is 41.1 Å². The van der Waals surface area contributed by atoms with Crippen molar-refractivity contribution in [2.45, 2.75) is 5.75 Å². The first-order valence-corrected chi connectivity index (χ1v) is 4.47. The number of hydrogen-bond acceptors (Lipinski definition) is 3. The van der Waals surface area contributed by atoms with Gasteiger partial charge in [-0.2, -0.15) is 17.9 Å². The lowest BCUT2D eigenvalue weighted by Gasteiger charge is -1.94. The fourth-order valence-corrected chi connectivity index (χ4v) is 1.52. The molecule has 2 aromatic rings. The first-order chi connectivity index (χ1) is 6.36. The maximum Gasteiger partial charge on any atom is 0.166 e. The minimum Gasteiger partial charge on any atom is -0.302 e. The number of thiol groups is 1. The summed E-state index contributed by atoms with van der Waals surface area (Å²) >= 11 is 4.15. The summed E-state index contributed by atoms with van der Waals surface area (Å²) in [7, 11) is 0. The third-order valence-electron chi connectivity index (χ3n) is 1.87. The molecule has 2 rings (SSSR count). The lowest BCUT2D eigenvalue weighted by atomic mass is 10.3. The molecule has 0 atom stereocenters. The highest BCUT2D eigenvalue weighted by Crippen LogP contribution is 2.12. The molecular formula is C9H7N3S. The monoisotopic (exact) mass is 189 g/mol. The molecule has 64 valence electrons. The number of nitrogens with zero attached hydrogens (tertiary/aromatic N) is 3. The fraction of sp³-hybridized carbons (Fsp3) is 0.111. The van der Waals surface area contributed by atoms with Gasteiger partial charge in [0.1, 0.15) is 11.9 Å². The predicted molar refractivity (Wildman–Crippen MR) is 52.6 cm³/mol. The number of pyridine rings is 1. The van der Waals surface area contributed by atoms with Crippen molar-refractivity contribution in [1.82, 2.24) is 9.38 Å². The molecule has 0 spiro atoms. The maximum atomic E-state index is 8.79. The summed E-state index contributed by atoms with van der Waals surface area (Å²) in [6, 6.07) is 7.73. The van der Waals surface area contributed by atoms with Gasteiger partial charge in [0.25, 0.3) is 0 Å². The van der Waals surface area contributed by atoms with Gasteiger partial charge in [0.15, 0.2) is 5.69 Å². The molecule has 0 N–H and O–H groups in total. The van der Waals surface area contributed by atoms with Gasteiger partial charge in [0, 0.05) is 11.9 Å². The molecule has 2 aromatic heterocycles. The number of fused-ring (bicyclic) bond motifs is 1. The van der Waals surface area contributed by atoms with Crippen LogP contribution in [0.15, 0.2) is 24.4 Å². The van der Waals surface area contributed by atoms with Crippen molar-refractivity contribution in [2.75, 3.05) is 0 Å². The summed E-state index contributed by atoms with van der Waals surface area (Å²) in [4.78, 5) is 4.15. The average molecular weight is 189 g/mol. The van der Waals surface area contributed by atoms with Gasteiger partial charge in [0.2, 0.25) is 0 Å². The van der Waals surface area contributed by atoms with Crippen LogP contribution in [0.3, 0.4) is 0 Å². The van der Waals surface area contributed by atoms with Gasteiger partial charge in [-0.25, -0.2) is 4.98 Å². The third kappa shape index (κ3) is 1.18. The Morgan fingerprint density at radius 3 is 3.08 bits per heavy atom. The van der Waals surface area contributed by atoms with Gasteiger partial charge in [-0.1, -0.05) is 6.07 Å². The summed E-state index contributed by atoms with van der Waals surface area (Å²) in [5, 5.41) is 8.79. The van der Waals surface area contributed by atoms with E-state index in [4.69, 9.17) is 5.26 Å². The SMILES string of the molecule is N#Cc1nc(CS)n2ccccc12. The third-order valence-corrected chi connectivity index (χ3v) is 2.15. The van der Waals surface area contributed by atoms with Crippen LogP contribution in [0.5, 0.6) is 0 Å². The Bertz CT molecular complexity index is 481. The molecule has 0 aromatic carbocycles. The van der Waals surface area contributed by atoms with E-state index in [-0.39, 0.29) is 0 Å². The van der Waals surface area contributed by atoms with Crippen molar-refractivity contribution < 1.29 is 0 Å². The zero-order valence-corrected chi connectivity index (χ0v) is 7.70. The van der Waals surface area contributed by atoms with Crippen LogP contribution in [0, 0.1) is 11.3 Å². The van der Waals surface area contributed by atoms with Crippen LogP contribution >= 0.6 is 12.6 Å². The van der Waals surface area contributed by atoms with E-state index in [9.17, 15) is 0 Å². The quantitative estimate of drug-likeness (QED) is 0.693. The molecule has 0 aliphatic heterocycles. The predicted octanol–water partition coefficient (Wildman–Crippen LogP) is 1.64. The van der Waals surface area contributed by atoms with Crippen molar-refractivity contribution in [3.05, 3.63) is 35.9 Å². The van der Waals surface area contributed by atoms with Crippen LogP contribution in [0.25, 0.3) is 5.52 Å². The van der Waals surface area contributed by atoms with Crippen LogP contribution in [0.4, 0.5) is 0 Å². The van der Waals surface area contributed by atoms with E-state index in [0.29, 0.717) is 11.4 Å². The van der Waals surface area contributed by atoms with Crippen LogP contribution in [0.2, 0.25) is 0 Å². The van der Waals surface area contributed by atoms with E-state index >= 15 is 0 Å². The smallest absolute Gasteiger partial charge is 0.166 e. The van der Waals surface area contributed by atoms with Crippen LogP contribution in [-0.2, 0) is 5.75 Å². The molecule has 0 amide bonds. The standard InChI is InChI=1S/C9H7N3S/c10-5-7-8-3-1-2-4-12(8)9(6-13)11-7/h1-4,13H,6H2. The summed E-state index contributed by atoms with van der Waals surface area (Å²) in [6.07, 6.45) is 1.88. The maximum absolute atomic E-state index is 8.79. The largest absolute Gasteiger partial charge is 0.302 e. The molecule has 0 aliphatic carbocycles. The molecule has 0 bridgehead atoms. The van der Waals surface area contributed by atoms with Crippen LogP contribution < -0.4 is 0 Å². The van der Waals surface area contributed by atoms with Gasteiger partial charge in [-0.3, -0.25) is 0 Å². The van der Waals surface area contributed by atoms with Gasteiger partial charge in [0.05, 0.1) is 5.52 Å². The number of nitriles is 1. The second-order valence-electron chi connectivity index (χ2n) is 2.60. The Morgan fingerprint density at radius 1 is 1.54 bits per heavy atom. The van der Waals surface area contributed by atoms with Crippen molar-refractivity contribution >= 4 is 18.1 Å². The summed E-state index contributed by atoms with van der Waals surface area (Å²) in [5.41, 5.74) is 1.30. The highest BCUT2D eigenvalue weighted by Gasteiger charge is 2.07. The Hall–Kier alpha value is -1.47. The van der Waals surface area contributed by atoms with E-state index in [1.807, 2.05) is 28.8 Å².